The van der Waals surface area contributed by atoms with Crippen LogP contribution in [0.2, 0.25) is 0 Å². The molecule has 0 bridgehead atoms. The van der Waals surface area contributed by atoms with Gasteiger partial charge in [-0.3, -0.25) is 0 Å². The predicted octanol–water partition coefficient (Wildman–Crippen LogP) is 3.85. The van der Waals surface area contributed by atoms with Gasteiger partial charge in [0.15, 0.2) is 0 Å². The van der Waals surface area contributed by atoms with Crippen LogP contribution in [0.25, 0.3) is 11.0 Å². The molecule has 1 aromatic heterocycles. The Labute approximate surface area is 119 Å². The molecule has 106 valence electrons. The van der Waals surface area contributed by atoms with Gasteiger partial charge in [-0.15, -0.1) is 0 Å². The van der Waals surface area contributed by atoms with E-state index < -0.39 is 5.97 Å². The number of benzene rings is 2. The van der Waals surface area contributed by atoms with E-state index in [0.29, 0.717) is 22.5 Å². The molecule has 0 fully saturated rings. The van der Waals surface area contributed by atoms with Crippen molar-refractivity contribution < 1.29 is 23.4 Å². The van der Waals surface area contributed by atoms with Crippen LogP contribution in [-0.2, 0) is 6.61 Å². The number of hydrogen-bond acceptors (Lipinski definition) is 3. The fourth-order valence-electron chi connectivity index (χ4n) is 2.01. The molecule has 0 radical (unpaired) electrons. The number of hydrogen-bond donors (Lipinski definition) is 1. The number of ether oxygens (including phenoxy) is 1. The zero-order valence-electron chi connectivity index (χ0n) is 10.9. The highest BCUT2D eigenvalue weighted by Crippen LogP contribution is 2.22. The number of carboxylic acid groups (broad SMARTS) is 1. The number of halogens is 1. The average Bonchev–Trinajstić information content (AvgIpc) is 2.87. The van der Waals surface area contributed by atoms with Gasteiger partial charge in [-0.2, -0.15) is 0 Å². The number of rotatable bonds is 4. The molecular formula is C16H11FO4. The van der Waals surface area contributed by atoms with Gasteiger partial charge in [0.25, 0.3) is 0 Å². The highest BCUT2D eigenvalue weighted by Gasteiger charge is 2.08. The number of carbonyl (C=O) groups is 1. The largest absolute Gasteiger partial charge is 0.486 e. The highest BCUT2D eigenvalue weighted by molar-refractivity contribution is 5.93. The van der Waals surface area contributed by atoms with E-state index in [4.69, 9.17) is 14.3 Å². The fraction of sp³-hybridized carbons (Fsp3) is 0.0625. The van der Waals surface area contributed by atoms with Crippen LogP contribution in [0, 0.1) is 5.82 Å². The fourth-order valence-corrected chi connectivity index (χ4v) is 2.01. The summed E-state index contributed by atoms with van der Waals surface area (Å²) < 4.78 is 24.0. The number of fused-ring (bicyclic) bond motifs is 1. The molecule has 0 aliphatic carbocycles. The summed E-state index contributed by atoms with van der Waals surface area (Å²) >= 11 is 0. The molecule has 0 aliphatic heterocycles. The van der Waals surface area contributed by atoms with Crippen molar-refractivity contribution in [2.75, 3.05) is 0 Å². The van der Waals surface area contributed by atoms with Gasteiger partial charge in [0, 0.05) is 11.5 Å². The minimum Gasteiger partial charge on any atom is -0.486 e. The molecule has 4 nitrogen and oxygen atoms in total. The Bertz CT molecular complexity index is 807. The maximum atomic E-state index is 13.0. The zero-order valence-corrected chi connectivity index (χ0v) is 10.9. The highest BCUT2D eigenvalue weighted by atomic mass is 19.1. The number of aromatic carboxylic acids is 1. The maximum Gasteiger partial charge on any atom is 0.335 e. The Morgan fingerprint density at radius 3 is 2.81 bits per heavy atom. The molecule has 1 heterocycles. The van der Waals surface area contributed by atoms with Crippen LogP contribution in [0.15, 0.2) is 52.9 Å². The van der Waals surface area contributed by atoms with Gasteiger partial charge >= 0.3 is 5.97 Å². The minimum atomic E-state index is -0.990. The van der Waals surface area contributed by atoms with Gasteiger partial charge in [0.05, 0.1) is 5.56 Å². The van der Waals surface area contributed by atoms with Gasteiger partial charge in [-0.25, -0.2) is 9.18 Å². The van der Waals surface area contributed by atoms with Crippen molar-refractivity contribution in [1.29, 1.82) is 0 Å². The first kappa shape index (κ1) is 13.2. The van der Waals surface area contributed by atoms with Gasteiger partial charge < -0.3 is 14.3 Å². The van der Waals surface area contributed by atoms with Crippen LogP contribution < -0.4 is 4.74 Å². The Balaban J connectivity index is 1.80. The molecule has 0 atom stereocenters. The molecule has 0 unspecified atom stereocenters. The molecule has 0 amide bonds. The van der Waals surface area contributed by atoms with E-state index in [1.807, 2.05) is 0 Å². The zero-order chi connectivity index (χ0) is 14.8. The van der Waals surface area contributed by atoms with E-state index in [2.05, 4.69) is 0 Å². The molecular weight excluding hydrogens is 275 g/mol. The van der Waals surface area contributed by atoms with Crippen LogP contribution in [0.3, 0.4) is 0 Å². The monoisotopic (exact) mass is 286 g/mol. The summed E-state index contributed by atoms with van der Waals surface area (Å²) in [4.78, 5) is 10.9. The quantitative estimate of drug-likeness (QED) is 0.791. The standard InChI is InChI=1S/C16H11FO4/c17-12-2-1-3-13(8-12)20-9-14-7-11-6-10(16(18)19)4-5-15(11)21-14/h1-8H,9H2,(H,18,19). The number of furan rings is 1. The summed E-state index contributed by atoms with van der Waals surface area (Å²) in [5.74, 6) is -0.419. The Morgan fingerprint density at radius 2 is 2.05 bits per heavy atom. The summed E-state index contributed by atoms with van der Waals surface area (Å²) in [7, 11) is 0. The van der Waals surface area contributed by atoms with Crippen LogP contribution in [0.1, 0.15) is 16.1 Å². The normalized spacial score (nSPS) is 10.7. The first-order valence-corrected chi connectivity index (χ1v) is 6.26. The van der Waals surface area contributed by atoms with Crippen LogP contribution in [0.4, 0.5) is 4.39 Å². The predicted molar refractivity (Wildman–Crippen MR) is 73.9 cm³/mol. The summed E-state index contributed by atoms with van der Waals surface area (Å²) in [6, 6.07) is 12.1. The van der Waals surface area contributed by atoms with Crippen molar-refractivity contribution >= 4 is 16.9 Å². The van der Waals surface area contributed by atoms with Crippen LogP contribution >= 0.6 is 0 Å². The van der Waals surface area contributed by atoms with E-state index in [1.54, 1.807) is 24.3 Å². The van der Waals surface area contributed by atoms with Crippen molar-refractivity contribution in [2.24, 2.45) is 0 Å². The third-order valence-electron chi connectivity index (χ3n) is 2.99. The Morgan fingerprint density at radius 1 is 1.19 bits per heavy atom. The second-order valence-corrected chi connectivity index (χ2v) is 4.52. The molecule has 2 aromatic carbocycles. The molecule has 21 heavy (non-hydrogen) atoms. The molecule has 0 aliphatic rings. The Kier molecular flexibility index (Phi) is 3.31. The van der Waals surface area contributed by atoms with E-state index in [0.717, 1.165) is 0 Å². The average molecular weight is 286 g/mol. The van der Waals surface area contributed by atoms with Crippen molar-refractivity contribution in [3.05, 3.63) is 65.7 Å². The Hall–Kier alpha value is -2.82. The maximum absolute atomic E-state index is 13.0. The van der Waals surface area contributed by atoms with Crippen LogP contribution in [0.5, 0.6) is 5.75 Å². The molecule has 0 spiro atoms. The SMILES string of the molecule is O=C(O)c1ccc2oc(COc3cccc(F)c3)cc2c1. The van der Waals surface area contributed by atoms with Crippen molar-refractivity contribution in [1.82, 2.24) is 0 Å². The molecule has 0 saturated carbocycles. The summed E-state index contributed by atoms with van der Waals surface area (Å²) in [5, 5.41) is 9.63. The van der Waals surface area contributed by atoms with E-state index in [-0.39, 0.29) is 18.0 Å². The van der Waals surface area contributed by atoms with E-state index in [9.17, 15) is 9.18 Å². The molecule has 5 heteroatoms. The first-order valence-electron chi connectivity index (χ1n) is 6.26. The second-order valence-electron chi connectivity index (χ2n) is 4.52. The number of carboxylic acids is 1. The first-order chi connectivity index (χ1) is 10.1. The topological polar surface area (TPSA) is 59.7 Å². The van der Waals surface area contributed by atoms with Crippen molar-refractivity contribution in [2.45, 2.75) is 6.61 Å². The van der Waals surface area contributed by atoms with Gasteiger partial charge in [0.1, 0.15) is 29.5 Å². The summed E-state index contributed by atoms with van der Waals surface area (Å²) in [5.41, 5.74) is 0.777. The summed E-state index contributed by atoms with van der Waals surface area (Å²) in [6.07, 6.45) is 0. The van der Waals surface area contributed by atoms with E-state index in [1.165, 1.54) is 24.3 Å². The van der Waals surface area contributed by atoms with Crippen LogP contribution in [-0.4, -0.2) is 11.1 Å². The van der Waals surface area contributed by atoms with Crippen molar-refractivity contribution in [3.8, 4) is 5.75 Å². The van der Waals surface area contributed by atoms with Gasteiger partial charge in [-0.05, 0) is 36.4 Å². The summed E-state index contributed by atoms with van der Waals surface area (Å²) in [6.45, 7) is 0.139. The molecule has 0 saturated heterocycles. The van der Waals surface area contributed by atoms with Gasteiger partial charge in [0.2, 0.25) is 0 Å². The second kappa shape index (κ2) is 5.28. The third-order valence-corrected chi connectivity index (χ3v) is 2.99. The lowest BCUT2D eigenvalue weighted by Gasteiger charge is -2.03. The van der Waals surface area contributed by atoms with Crippen molar-refractivity contribution in [3.63, 3.8) is 0 Å². The lowest BCUT2D eigenvalue weighted by Crippen LogP contribution is -1.94. The molecule has 3 rings (SSSR count). The minimum absolute atomic E-state index is 0.139. The van der Waals surface area contributed by atoms with Gasteiger partial charge in [-0.1, -0.05) is 6.07 Å². The van der Waals surface area contributed by atoms with E-state index >= 15 is 0 Å². The smallest absolute Gasteiger partial charge is 0.335 e. The molecule has 1 N–H and O–H groups in total. The lowest BCUT2D eigenvalue weighted by molar-refractivity contribution is 0.0697. The molecule has 3 aromatic rings. The third kappa shape index (κ3) is 2.86. The lowest BCUT2D eigenvalue weighted by atomic mass is 10.1.